The molecule has 2 rings (SSSR count). The zero-order valence-corrected chi connectivity index (χ0v) is 14.1. The quantitative estimate of drug-likeness (QED) is 0.899. The number of hydrogen-bond donors (Lipinski definition) is 2. The molecule has 3 N–H and O–H groups in total. The molecule has 1 heterocycles. The minimum atomic E-state index is -0.438. The summed E-state index contributed by atoms with van der Waals surface area (Å²) in [5, 5.41) is 2.95. The van der Waals surface area contributed by atoms with Crippen molar-refractivity contribution in [3.63, 3.8) is 0 Å². The Kier molecular flexibility index (Phi) is 7.35. The molecule has 1 amide bonds. The molecule has 0 aromatic heterocycles. The lowest BCUT2D eigenvalue weighted by Gasteiger charge is -2.22. The molecule has 0 radical (unpaired) electrons. The van der Waals surface area contributed by atoms with E-state index in [9.17, 15) is 4.79 Å². The smallest absolute Gasteiger partial charge is 0.407 e. The van der Waals surface area contributed by atoms with E-state index in [-0.39, 0.29) is 12.1 Å². The van der Waals surface area contributed by atoms with Gasteiger partial charge in [0, 0.05) is 25.7 Å². The summed E-state index contributed by atoms with van der Waals surface area (Å²) in [5.74, 6) is 0. The highest BCUT2D eigenvalue weighted by Gasteiger charge is 2.25. The van der Waals surface area contributed by atoms with Crippen LogP contribution < -0.4 is 11.1 Å². The van der Waals surface area contributed by atoms with Crippen molar-refractivity contribution in [2.45, 2.75) is 45.4 Å². The number of nitrogens with zero attached hydrogens (tertiary/aromatic N) is 1. The van der Waals surface area contributed by atoms with Gasteiger partial charge in [-0.3, -0.25) is 4.90 Å². The van der Waals surface area contributed by atoms with Crippen molar-refractivity contribution < 1.29 is 9.53 Å². The molecule has 22 heavy (non-hydrogen) atoms. The average Bonchev–Trinajstić information content (AvgIpc) is 2.87. The van der Waals surface area contributed by atoms with E-state index in [2.05, 4.69) is 40.2 Å². The van der Waals surface area contributed by atoms with Crippen LogP contribution in [0, 0.1) is 0 Å². The number of benzene rings is 1. The minimum Gasteiger partial charge on any atom is -0.444 e. The molecular formula is C17H29N3O2. The van der Waals surface area contributed by atoms with Crippen LogP contribution in [0.3, 0.4) is 0 Å². The number of ether oxygens (including phenoxy) is 1. The Bertz CT molecular complexity index is 443. The van der Waals surface area contributed by atoms with Gasteiger partial charge < -0.3 is 15.8 Å². The molecule has 1 aliphatic rings. The average molecular weight is 307 g/mol. The van der Waals surface area contributed by atoms with E-state index in [1.807, 2.05) is 26.8 Å². The Morgan fingerprint density at radius 1 is 1.32 bits per heavy atom. The molecule has 1 aromatic rings. The number of carbonyl (C=O) groups is 1. The topological polar surface area (TPSA) is 67.6 Å². The van der Waals surface area contributed by atoms with Crippen molar-refractivity contribution in [3.8, 4) is 0 Å². The van der Waals surface area contributed by atoms with Crippen LogP contribution in [-0.4, -0.2) is 42.8 Å². The Balaban J connectivity index is 0.00000116. The maximum Gasteiger partial charge on any atom is 0.407 e. The maximum absolute atomic E-state index is 11.7. The molecule has 0 spiro atoms. The van der Waals surface area contributed by atoms with E-state index in [0.717, 1.165) is 26.1 Å². The summed E-state index contributed by atoms with van der Waals surface area (Å²) in [7, 11) is 1.50. The molecule has 0 aliphatic carbocycles. The van der Waals surface area contributed by atoms with Gasteiger partial charge in [-0.15, -0.1) is 0 Å². The molecule has 0 bridgehead atoms. The third kappa shape index (κ3) is 6.91. The lowest BCUT2D eigenvalue weighted by atomic mass is 10.2. The first-order chi connectivity index (χ1) is 10.4. The second-order valence-electron chi connectivity index (χ2n) is 6.35. The summed E-state index contributed by atoms with van der Waals surface area (Å²) in [5.41, 5.74) is 5.37. The van der Waals surface area contributed by atoms with Crippen molar-refractivity contribution >= 4 is 6.09 Å². The van der Waals surface area contributed by atoms with Crippen LogP contribution in [0.15, 0.2) is 30.3 Å². The maximum atomic E-state index is 11.7. The largest absolute Gasteiger partial charge is 0.444 e. The van der Waals surface area contributed by atoms with Crippen LogP contribution in [0.5, 0.6) is 0 Å². The molecule has 0 saturated carbocycles. The summed E-state index contributed by atoms with van der Waals surface area (Å²) in [6, 6.07) is 10.6. The molecule has 124 valence electrons. The van der Waals surface area contributed by atoms with Gasteiger partial charge >= 0.3 is 6.09 Å². The third-order valence-corrected chi connectivity index (χ3v) is 3.24. The monoisotopic (exact) mass is 307 g/mol. The lowest BCUT2D eigenvalue weighted by molar-refractivity contribution is 0.0506. The third-order valence-electron chi connectivity index (χ3n) is 3.24. The number of hydrogen-bond acceptors (Lipinski definition) is 4. The highest BCUT2D eigenvalue weighted by Crippen LogP contribution is 2.14. The van der Waals surface area contributed by atoms with Crippen LogP contribution in [0.1, 0.15) is 32.8 Å². The Labute approximate surface area is 133 Å². The van der Waals surface area contributed by atoms with Crippen molar-refractivity contribution in [2.24, 2.45) is 5.73 Å². The number of likely N-dealkylation sites (tertiary alicyclic amines) is 1. The number of carbonyl (C=O) groups excluding carboxylic acids is 1. The molecule has 1 unspecified atom stereocenters. The fourth-order valence-electron chi connectivity index (χ4n) is 2.41. The number of alkyl carbamates (subject to hydrolysis) is 1. The summed E-state index contributed by atoms with van der Waals surface area (Å²) < 4.78 is 5.28. The van der Waals surface area contributed by atoms with Crippen molar-refractivity contribution in [1.29, 1.82) is 0 Å². The van der Waals surface area contributed by atoms with Crippen LogP contribution in [0.2, 0.25) is 0 Å². The van der Waals surface area contributed by atoms with Crippen LogP contribution in [-0.2, 0) is 11.3 Å². The first-order valence-electron chi connectivity index (χ1n) is 7.76. The van der Waals surface area contributed by atoms with E-state index in [1.165, 1.54) is 12.6 Å². The second kappa shape index (κ2) is 8.76. The Morgan fingerprint density at radius 3 is 2.55 bits per heavy atom. The summed E-state index contributed by atoms with van der Waals surface area (Å²) in [6.07, 6.45) is 0.663. The van der Waals surface area contributed by atoms with Crippen LogP contribution in [0.25, 0.3) is 0 Å². The Morgan fingerprint density at radius 2 is 1.95 bits per heavy atom. The normalized spacial score (nSPS) is 18.3. The summed E-state index contributed by atoms with van der Waals surface area (Å²) in [4.78, 5) is 14.1. The predicted molar refractivity (Wildman–Crippen MR) is 89.6 cm³/mol. The van der Waals surface area contributed by atoms with E-state index in [4.69, 9.17) is 4.74 Å². The summed E-state index contributed by atoms with van der Waals surface area (Å²) in [6.45, 7) is 8.46. The van der Waals surface area contributed by atoms with Gasteiger partial charge in [0.2, 0.25) is 0 Å². The van der Waals surface area contributed by atoms with Gasteiger partial charge in [0.25, 0.3) is 0 Å². The molecule has 1 aliphatic heterocycles. The SMILES string of the molecule is CC(C)(C)OC(=O)NC1CCN(Cc2ccccc2)C1.CN. The zero-order valence-electron chi connectivity index (χ0n) is 14.1. The van der Waals surface area contributed by atoms with Gasteiger partial charge in [-0.05, 0) is 39.8 Å². The highest BCUT2D eigenvalue weighted by atomic mass is 16.6. The van der Waals surface area contributed by atoms with Crippen LogP contribution >= 0.6 is 0 Å². The molecular weight excluding hydrogens is 278 g/mol. The molecule has 5 heteroatoms. The van der Waals surface area contributed by atoms with Gasteiger partial charge in [0.05, 0.1) is 0 Å². The van der Waals surface area contributed by atoms with Gasteiger partial charge in [-0.25, -0.2) is 4.79 Å². The lowest BCUT2D eigenvalue weighted by Crippen LogP contribution is -2.40. The fraction of sp³-hybridized carbons (Fsp3) is 0.588. The van der Waals surface area contributed by atoms with Crippen LogP contribution in [0.4, 0.5) is 4.79 Å². The second-order valence-corrected chi connectivity index (χ2v) is 6.35. The first kappa shape index (κ1) is 18.5. The van der Waals surface area contributed by atoms with E-state index < -0.39 is 5.60 Å². The molecule has 1 saturated heterocycles. The molecule has 5 nitrogen and oxygen atoms in total. The van der Waals surface area contributed by atoms with Gasteiger partial charge in [0.15, 0.2) is 0 Å². The standard InChI is InChI=1S/C16H24N2O2.CH5N/c1-16(2,3)20-15(19)17-14-9-10-18(12-14)11-13-7-5-4-6-8-13;1-2/h4-8,14H,9-12H2,1-3H3,(H,17,19);2H2,1H3. The van der Waals surface area contributed by atoms with Crippen molar-refractivity contribution in [1.82, 2.24) is 10.2 Å². The Hall–Kier alpha value is -1.59. The fourth-order valence-corrected chi connectivity index (χ4v) is 2.41. The van der Waals surface area contributed by atoms with Crippen molar-refractivity contribution in [2.75, 3.05) is 20.1 Å². The summed E-state index contributed by atoms with van der Waals surface area (Å²) >= 11 is 0. The first-order valence-corrected chi connectivity index (χ1v) is 7.76. The molecule has 1 fully saturated rings. The zero-order chi connectivity index (χ0) is 16.6. The van der Waals surface area contributed by atoms with Gasteiger partial charge in [-0.1, -0.05) is 30.3 Å². The minimum absolute atomic E-state index is 0.188. The highest BCUT2D eigenvalue weighted by molar-refractivity contribution is 5.68. The molecule has 1 aromatic carbocycles. The number of nitrogens with one attached hydrogen (secondary N) is 1. The number of amides is 1. The number of nitrogens with two attached hydrogens (primary N) is 1. The van der Waals surface area contributed by atoms with Crippen molar-refractivity contribution in [3.05, 3.63) is 35.9 Å². The van der Waals surface area contributed by atoms with E-state index >= 15 is 0 Å². The molecule has 1 atom stereocenters. The van der Waals surface area contributed by atoms with Gasteiger partial charge in [0.1, 0.15) is 5.60 Å². The number of rotatable bonds is 3. The van der Waals surface area contributed by atoms with E-state index in [1.54, 1.807) is 0 Å². The van der Waals surface area contributed by atoms with E-state index in [0.29, 0.717) is 0 Å². The van der Waals surface area contributed by atoms with Gasteiger partial charge in [-0.2, -0.15) is 0 Å². The predicted octanol–water partition coefficient (Wildman–Crippen LogP) is 2.36.